The van der Waals surface area contributed by atoms with Crippen molar-refractivity contribution in [2.45, 2.75) is 6.92 Å². The van der Waals surface area contributed by atoms with Crippen LogP contribution in [0.3, 0.4) is 0 Å². The van der Waals surface area contributed by atoms with E-state index >= 15 is 0 Å². The van der Waals surface area contributed by atoms with Crippen molar-refractivity contribution in [2.75, 3.05) is 10.6 Å². The molecule has 2 N–H and O–H groups in total. The SMILES string of the molecule is Cc1ccc(Nc2ccc(NC(=O)c3ccc(F)cc3)cn2)cc1. The van der Waals surface area contributed by atoms with Crippen LogP contribution in [0.4, 0.5) is 21.6 Å². The average molecular weight is 321 g/mol. The van der Waals surface area contributed by atoms with Gasteiger partial charge in [0.05, 0.1) is 11.9 Å². The van der Waals surface area contributed by atoms with Crippen LogP contribution in [0.25, 0.3) is 0 Å². The molecule has 0 unspecified atom stereocenters. The molecule has 0 spiro atoms. The fourth-order valence-electron chi connectivity index (χ4n) is 2.13. The standard InChI is InChI=1S/C19H16FN3O/c1-13-2-8-16(9-3-13)22-18-11-10-17(12-21-18)23-19(24)14-4-6-15(20)7-5-14/h2-12H,1H3,(H,21,22)(H,23,24). The Morgan fingerprint density at radius 2 is 1.58 bits per heavy atom. The normalized spacial score (nSPS) is 10.2. The maximum atomic E-state index is 12.9. The molecule has 4 nitrogen and oxygen atoms in total. The van der Waals surface area contributed by atoms with Gasteiger partial charge in [-0.1, -0.05) is 17.7 Å². The van der Waals surface area contributed by atoms with Crippen LogP contribution in [0.15, 0.2) is 66.9 Å². The van der Waals surface area contributed by atoms with Crippen LogP contribution in [0.1, 0.15) is 15.9 Å². The highest BCUT2D eigenvalue weighted by atomic mass is 19.1. The molecule has 5 heteroatoms. The predicted molar refractivity (Wildman–Crippen MR) is 93.1 cm³/mol. The molecule has 0 aliphatic heterocycles. The Hall–Kier alpha value is -3.21. The highest BCUT2D eigenvalue weighted by molar-refractivity contribution is 6.04. The number of amides is 1. The fraction of sp³-hybridized carbons (Fsp3) is 0.0526. The van der Waals surface area contributed by atoms with Crippen LogP contribution < -0.4 is 10.6 Å². The largest absolute Gasteiger partial charge is 0.340 e. The highest BCUT2D eigenvalue weighted by Gasteiger charge is 2.06. The molecule has 3 aromatic rings. The monoisotopic (exact) mass is 321 g/mol. The first-order chi connectivity index (χ1) is 11.6. The summed E-state index contributed by atoms with van der Waals surface area (Å²) in [6.07, 6.45) is 1.57. The molecule has 0 aliphatic carbocycles. The van der Waals surface area contributed by atoms with Gasteiger partial charge in [0.1, 0.15) is 11.6 Å². The van der Waals surface area contributed by atoms with Crippen molar-refractivity contribution in [1.29, 1.82) is 0 Å². The number of anilines is 3. The topological polar surface area (TPSA) is 54.0 Å². The Bertz CT molecular complexity index is 828. The molecule has 1 aromatic heterocycles. The Kier molecular flexibility index (Phi) is 4.52. The zero-order valence-electron chi connectivity index (χ0n) is 13.1. The smallest absolute Gasteiger partial charge is 0.255 e. The number of aryl methyl sites for hydroxylation is 1. The lowest BCUT2D eigenvalue weighted by atomic mass is 10.2. The van der Waals surface area contributed by atoms with Crippen molar-refractivity contribution >= 4 is 23.1 Å². The first-order valence-corrected chi connectivity index (χ1v) is 7.47. The van der Waals surface area contributed by atoms with Crippen LogP contribution in [0.5, 0.6) is 0 Å². The molecule has 0 aliphatic rings. The Morgan fingerprint density at radius 1 is 0.917 bits per heavy atom. The second kappa shape index (κ2) is 6.91. The Morgan fingerprint density at radius 3 is 2.21 bits per heavy atom. The Balaban J connectivity index is 1.64. The van der Waals surface area contributed by atoms with Crippen molar-refractivity contribution in [2.24, 2.45) is 0 Å². The molecule has 24 heavy (non-hydrogen) atoms. The van der Waals surface area contributed by atoms with Gasteiger partial charge in [-0.05, 0) is 55.5 Å². The van der Waals surface area contributed by atoms with Crippen molar-refractivity contribution in [3.8, 4) is 0 Å². The highest BCUT2D eigenvalue weighted by Crippen LogP contribution is 2.17. The van der Waals surface area contributed by atoms with E-state index < -0.39 is 0 Å². The predicted octanol–water partition coefficient (Wildman–Crippen LogP) is 4.53. The maximum absolute atomic E-state index is 12.9. The van der Waals surface area contributed by atoms with Crippen LogP contribution in [-0.4, -0.2) is 10.9 Å². The zero-order valence-corrected chi connectivity index (χ0v) is 13.1. The summed E-state index contributed by atoms with van der Waals surface area (Å²) in [4.78, 5) is 16.3. The van der Waals surface area contributed by atoms with Crippen LogP contribution in [0.2, 0.25) is 0 Å². The van der Waals surface area contributed by atoms with Crippen molar-refractivity contribution in [1.82, 2.24) is 4.98 Å². The number of hydrogen-bond acceptors (Lipinski definition) is 3. The first kappa shape index (κ1) is 15.7. The van der Waals surface area contributed by atoms with Gasteiger partial charge in [-0.25, -0.2) is 9.37 Å². The van der Waals surface area contributed by atoms with E-state index in [4.69, 9.17) is 0 Å². The van der Waals surface area contributed by atoms with Gasteiger partial charge < -0.3 is 10.6 Å². The lowest BCUT2D eigenvalue weighted by Crippen LogP contribution is -2.12. The number of carbonyl (C=O) groups is 1. The first-order valence-electron chi connectivity index (χ1n) is 7.47. The number of carbonyl (C=O) groups excluding carboxylic acids is 1. The molecular weight excluding hydrogens is 305 g/mol. The van der Waals surface area contributed by atoms with Gasteiger partial charge in [0, 0.05) is 11.3 Å². The molecule has 2 aromatic carbocycles. The number of aromatic nitrogens is 1. The lowest BCUT2D eigenvalue weighted by molar-refractivity contribution is 0.102. The van der Waals surface area contributed by atoms with E-state index in [1.807, 2.05) is 31.2 Å². The number of hydrogen-bond donors (Lipinski definition) is 2. The van der Waals surface area contributed by atoms with Crippen molar-refractivity contribution in [3.05, 3.63) is 83.8 Å². The van der Waals surface area contributed by atoms with E-state index in [0.717, 1.165) is 5.69 Å². The molecule has 3 rings (SSSR count). The van der Waals surface area contributed by atoms with E-state index in [0.29, 0.717) is 17.1 Å². The molecule has 1 heterocycles. The van der Waals surface area contributed by atoms with Gasteiger partial charge in [-0.3, -0.25) is 4.79 Å². The summed E-state index contributed by atoms with van der Waals surface area (Å²) < 4.78 is 12.9. The third kappa shape index (κ3) is 3.95. The number of rotatable bonds is 4. The van der Waals surface area contributed by atoms with Gasteiger partial charge in [-0.2, -0.15) is 0 Å². The van der Waals surface area contributed by atoms with Gasteiger partial charge in [0.2, 0.25) is 0 Å². The third-order valence-corrected chi connectivity index (χ3v) is 3.45. The number of nitrogens with zero attached hydrogens (tertiary/aromatic N) is 1. The van der Waals surface area contributed by atoms with Gasteiger partial charge in [-0.15, -0.1) is 0 Å². The van der Waals surface area contributed by atoms with Gasteiger partial charge >= 0.3 is 0 Å². The second-order valence-electron chi connectivity index (χ2n) is 5.38. The van der Waals surface area contributed by atoms with Gasteiger partial charge in [0.15, 0.2) is 0 Å². The molecule has 1 amide bonds. The number of pyridine rings is 1. The van der Waals surface area contributed by atoms with Crippen LogP contribution >= 0.6 is 0 Å². The summed E-state index contributed by atoms with van der Waals surface area (Å²) >= 11 is 0. The fourth-order valence-corrected chi connectivity index (χ4v) is 2.13. The average Bonchev–Trinajstić information content (AvgIpc) is 2.59. The van der Waals surface area contributed by atoms with E-state index in [-0.39, 0.29) is 11.7 Å². The summed E-state index contributed by atoms with van der Waals surface area (Å²) in [5.74, 6) is -0.00516. The molecule has 0 atom stereocenters. The van der Waals surface area contributed by atoms with E-state index in [1.54, 1.807) is 18.3 Å². The summed E-state index contributed by atoms with van der Waals surface area (Å²) in [7, 11) is 0. The van der Waals surface area contributed by atoms with Crippen molar-refractivity contribution in [3.63, 3.8) is 0 Å². The molecule has 0 saturated carbocycles. The summed E-state index contributed by atoms with van der Waals surface area (Å²) in [6, 6.07) is 16.9. The third-order valence-electron chi connectivity index (χ3n) is 3.45. The lowest BCUT2D eigenvalue weighted by Gasteiger charge is -2.08. The molecule has 120 valence electrons. The van der Waals surface area contributed by atoms with E-state index in [9.17, 15) is 9.18 Å². The van der Waals surface area contributed by atoms with E-state index in [2.05, 4.69) is 15.6 Å². The zero-order chi connectivity index (χ0) is 16.9. The summed E-state index contributed by atoms with van der Waals surface area (Å²) in [6.45, 7) is 2.03. The minimum atomic E-state index is -0.375. The van der Waals surface area contributed by atoms with E-state index in [1.165, 1.54) is 29.8 Å². The summed E-state index contributed by atoms with van der Waals surface area (Å²) in [5, 5.41) is 5.91. The minimum absolute atomic E-state index is 0.309. The minimum Gasteiger partial charge on any atom is -0.340 e. The number of halogens is 1. The van der Waals surface area contributed by atoms with Crippen molar-refractivity contribution < 1.29 is 9.18 Å². The molecule has 0 bridgehead atoms. The maximum Gasteiger partial charge on any atom is 0.255 e. The van der Waals surface area contributed by atoms with Crippen LogP contribution in [-0.2, 0) is 0 Å². The molecule has 0 radical (unpaired) electrons. The summed E-state index contributed by atoms with van der Waals surface area (Å²) in [5.41, 5.74) is 3.08. The molecular formula is C19H16FN3O. The quantitative estimate of drug-likeness (QED) is 0.742. The molecule has 0 saturated heterocycles. The molecule has 0 fully saturated rings. The van der Waals surface area contributed by atoms with Crippen LogP contribution in [0, 0.1) is 12.7 Å². The number of benzene rings is 2. The van der Waals surface area contributed by atoms with Gasteiger partial charge in [0.25, 0.3) is 5.91 Å². The second-order valence-corrected chi connectivity index (χ2v) is 5.38. The Labute approximate surface area is 139 Å². The number of nitrogens with one attached hydrogen (secondary N) is 2.